The van der Waals surface area contributed by atoms with E-state index in [9.17, 15) is 18.0 Å². The molecule has 0 aliphatic heterocycles. The minimum atomic E-state index is -4.05. The second-order valence-corrected chi connectivity index (χ2v) is 11.2. The van der Waals surface area contributed by atoms with E-state index in [0.29, 0.717) is 5.56 Å². The summed E-state index contributed by atoms with van der Waals surface area (Å²) < 4.78 is 39.4. The molecule has 3 aromatic rings. The van der Waals surface area contributed by atoms with Gasteiger partial charge in [0.1, 0.15) is 10.6 Å². The fourth-order valence-corrected chi connectivity index (χ4v) is 6.73. The van der Waals surface area contributed by atoms with Gasteiger partial charge in [-0.25, -0.2) is 13.2 Å². The van der Waals surface area contributed by atoms with E-state index in [1.807, 2.05) is 44.2 Å². The molecule has 36 heavy (non-hydrogen) atoms. The van der Waals surface area contributed by atoms with Crippen molar-refractivity contribution >= 4 is 38.3 Å². The summed E-state index contributed by atoms with van der Waals surface area (Å²) in [6.07, 6.45) is 0.280. The van der Waals surface area contributed by atoms with Crippen molar-refractivity contribution in [1.29, 1.82) is 0 Å². The van der Waals surface area contributed by atoms with Crippen LogP contribution in [-0.4, -0.2) is 40.1 Å². The summed E-state index contributed by atoms with van der Waals surface area (Å²) in [5.74, 6) is -0.992. The van der Waals surface area contributed by atoms with Crippen LogP contribution in [0, 0.1) is 13.8 Å². The van der Waals surface area contributed by atoms with Crippen LogP contribution < -0.4 is 4.31 Å². The van der Waals surface area contributed by atoms with E-state index in [1.54, 1.807) is 38.1 Å². The summed E-state index contributed by atoms with van der Waals surface area (Å²) in [5.41, 5.74) is 2.56. The summed E-state index contributed by atoms with van der Waals surface area (Å²) in [5, 5.41) is 0.272. The number of nitrogens with zero attached hydrogens (tertiary/aromatic N) is 1. The smallest absolute Gasteiger partial charge is 0.341 e. The number of carbonyl (C=O) groups is 2. The lowest BCUT2D eigenvalue weighted by atomic mass is 10.0. The molecule has 192 valence electrons. The second kappa shape index (κ2) is 12.2. The third kappa shape index (κ3) is 6.14. The molecule has 0 fully saturated rings. The van der Waals surface area contributed by atoms with Crippen LogP contribution in [0.25, 0.3) is 11.1 Å². The molecule has 7 nitrogen and oxygen atoms in total. The Balaban J connectivity index is 2.17. The van der Waals surface area contributed by atoms with Gasteiger partial charge in [-0.15, -0.1) is 11.3 Å². The molecule has 0 aliphatic carbocycles. The first-order valence-corrected chi connectivity index (χ1v) is 14.1. The zero-order valence-electron chi connectivity index (χ0n) is 20.9. The minimum absolute atomic E-state index is 0.00435. The lowest BCUT2D eigenvalue weighted by Crippen LogP contribution is -2.33. The number of hydrogen-bond donors (Lipinski definition) is 0. The largest absolute Gasteiger partial charge is 0.466 e. The van der Waals surface area contributed by atoms with Crippen LogP contribution >= 0.6 is 11.3 Å². The predicted molar refractivity (Wildman–Crippen MR) is 142 cm³/mol. The summed E-state index contributed by atoms with van der Waals surface area (Å²) >= 11 is 1.22. The molecule has 1 heterocycles. The van der Waals surface area contributed by atoms with Gasteiger partial charge in [0.2, 0.25) is 0 Å². The molecular weight excluding hydrogens is 498 g/mol. The maximum Gasteiger partial charge on any atom is 0.341 e. The van der Waals surface area contributed by atoms with Crippen LogP contribution in [0.5, 0.6) is 0 Å². The van der Waals surface area contributed by atoms with Crippen molar-refractivity contribution in [3.63, 3.8) is 0 Å². The molecule has 0 N–H and O–H groups in total. The Morgan fingerprint density at radius 1 is 0.917 bits per heavy atom. The van der Waals surface area contributed by atoms with E-state index in [4.69, 9.17) is 9.47 Å². The Morgan fingerprint density at radius 2 is 1.56 bits per heavy atom. The molecule has 0 radical (unpaired) electrons. The van der Waals surface area contributed by atoms with Crippen molar-refractivity contribution in [3.8, 4) is 11.1 Å². The number of thiophene rings is 1. The van der Waals surface area contributed by atoms with Gasteiger partial charge in [-0.05, 0) is 51.8 Å². The van der Waals surface area contributed by atoms with Gasteiger partial charge in [-0.1, -0.05) is 48.0 Å². The van der Waals surface area contributed by atoms with Crippen molar-refractivity contribution in [2.45, 2.75) is 45.4 Å². The standard InChI is InChI=1S/C27H31NO6S2/c1-5-33-23(29)13-10-18-28(36(31,32)22-16-14-19(3)15-17-22)26-25(27(30)34-6-2)24(20(4)35-26)21-11-8-7-9-12-21/h7-9,11-12,14-17H,5-6,10,13,18H2,1-4H3. The molecule has 0 saturated carbocycles. The molecule has 2 aromatic carbocycles. The van der Waals surface area contributed by atoms with Gasteiger partial charge in [0, 0.05) is 23.4 Å². The number of sulfonamides is 1. The number of rotatable bonds is 11. The van der Waals surface area contributed by atoms with E-state index in [0.717, 1.165) is 16.0 Å². The average molecular weight is 530 g/mol. The van der Waals surface area contributed by atoms with Gasteiger partial charge in [-0.2, -0.15) is 0 Å². The first-order chi connectivity index (χ1) is 17.2. The number of esters is 2. The fourth-order valence-electron chi connectivity index (χ4n) is 3.82. The summed E-state index contributed by atoms with van der Waals surface area (Å²) in [6, 6.07) is 15.9. The number of carbonyl (C=O) groups excluding carboxylic acids is 2. The first-order valence-electron chi connectivity index (χ1n) is 11.8. The third-order valence-electron chi connectivity index (χ3n) is 5.49. The molecule has 0 aliphatic rings. The zero-order chi connectivity index (χ0) is 26.3. The summed E-state index contributed by atoms with van der Waals surface area (Å²) in [4.78, 5) is 26.1. The first kappa shape index (κ1) is 27.4. The fraction of sp³-hybridized carbons (Fsp3) is 0.333. The highest BCUT2D eigenvalue weighted by Crippen LogP contribution is 2.44. The molecule has 9 heteroatoms. The molecule has 0 saturated heterocycles. The Labute approximate surface area is 216 Å². The Hall–Kier alpha value is -3.17. The zero-order valence-corrected chi connectivity index (χ0v) is 22.6. The maximum absolute atomic E-state index is 13.9. The quantitative estimate of drug-likeness (QED) is 0.294. The van der Waals surface area contributed by atoms with Crippen molar-refractivity contribution in [2.75, 3.05) is 24.1 Å². The normalized spacial score (nSPS) is 11.2. The summed E-state index contributed by atoms with van der Waals surface area (Å²) in [7, 11) is -4.05. The van der Waals surface area contributed by atoms with Crippen LogP contribution in [0.1, 0.15) is 47.5 Å². The van der Waals surface area contributed by atoms with E-state index < -0.39 is 22.0 Å². The van der Waals surface area contributed by atoms with Gasteiger partial charge in [0.05, 0.1) is 18.1 Å². The molecule has 0 atom stereocenters. The second-order valence-electron chi connectivity index (χ2n) is 8.10. The van der Waals surface area contributed by atoms with Crippen molar-refractivity contribution in [2.24, 2.45) is 0 Å². The van der Waals surface area contributed by atoms with Crippen LogP contribution in [0.15, 0.2) is 59.5 Å². The molecule has 0 spiro atoms. The Kier molecular flexibility index (Phi) is 9.28. The van der Waals surface area contributed by atoms with Gasteiger partial charge in [-0.3, -0.25) is 9.10 Å². The number of hydrogen-bond acceptors (Lipinski definition) is 7. The number of anilines is 1. The van der Waals surface area contributed by atoms with Gasteiger partial charge < -0.3 is 9.47 Å². The molecule has 3 rings (SSSR count). The van der Waals surface area contributed by atoms with Crippen LogP contribution in [0.3, 0.4) is 0 Å². The molecule has 0 unspecified atom stereocenters. The van der Waals surface area contributed by atoms with E-state index in [1.165, 1.54) is 15.6 Å². The molecule has 1 aromatic heterocycles. The van der Waals surface area contributed by atoms with Crippen LogP contribution in [0.2, 0.25) is 0 Å². The number of ether oxygens (including phenoxy) is 2. The van der Waals surface area contributed by atoms with E-state index in [-0.39, 0.29) is 48.1 Å². The van der Waals surface area contributed by atoms with Gasteiger partial charge in [0.25, 0.3) is 10.0 Å². The predicted octanol–water partition coefficient (Wildman–Crippen LogP) is 5.75. The van der Waals surface area contributed by atoms with E-state index in [2.05, 4.69) is 0 Å². The summed E-state index contributed by atoms with van der Waals surface area (Å²) in [6.45, 7) is 7.55. The maximum atomic E-state index is 13.9. The lowest BCUT2D eigenvalue weighted by Gasteiger charge is -2.24. The lowest BCUT2D eigenvalue weighted by molar-refractivity contribution is -0.143. The van der Waals surface area contributed by atoms with Gasteiger partial charge in [0.15, 0.2) is 0 Å². The molecule has 0 amide bonds. The van der Waals surface area contributed by atoms with Crippen molar-refractivity contribution in [3.05, 3.63) is 70.6 Å². The van der Waals surface area contributed by atoms with E-state index >= 15 is 0 Å². The average Bonchev–Trinajstić information content (AvgIpc) is 3.19. The molecule has 0 bridgehead atoms. The highest BCUT2D eigenvalue weighted by Gasteiger charge is 2.34. The SMILES string of the molecule is CCOC(=O)CCCN(c1sc(C)c(-c2ccccc2)c1C(=O)OCC)S(=O)(=O)c1ccc(C)cc1. The third-order valence-corrected chi connectivity index (χ3v) is 8.55. The Bertz CT molecular complexity index is 1300. The highest BCUT2D eigenvalue weighted by atomic mass is 32.2. The topological polar surface area (TPSA) is 90.0 Å². The van der Waals surface area contributed by atoms with Crippen LogP contribution in [-0.2, 0) is 24.3 Å². The number of aryl methyl sites for hydroxylation is 2. The van der Waals surface area contributed by atoms with Crippen LogP contribution in [0.4, 0.5) is 5.00 Å². The monoisotopic (exact) mass is 529 g/mol. The number of benzene rings is 2. The minimum Gasteiger partial charge on any atom is -0.466 e. The van der Waals surface area contributed by atoms with Gasteiger partial charge >= 0.3 is 11.9 Å². The molecular formula is C27H31NO6S2. The van der Waals surface area contributed by atoms with Crippen molar-refractivity contribution < 1.29 is 27.5 Å². The Morgan fingerprint density at radius 3 is 2.17 bits per heavy atom. The highest BCUT2D eigenvalue weighted by molar-refractivity contribution is 7.93. The van der Waals surface area contributed by atoms with Crippen molar-refractivity contribution in [1.82, 2.24) is 0 Å².